The van der Waals surface area contributed by atoms with Crippen molar-refractivity contribution in [3.63, 3.8) is 0 Å². The van der Waals surface area contributed by atoms with Crippen molar-refractivity contribution in [1.82, 2.24) is 15.6 Å². The van der Waals surface area contributed by atoms with Crippen molar-refractivity contribution in [2.24, 2.45) is 5.92 Å². The van der Waals surface area contributed by atoms with Crippen LogP contribution < -0.4 is 15.4 Å². The van der Waals surface area contributed by atoms with Crippen molar-refractivity contribution < 1.29 is 14.3 Å². The van der Waals surface area contributed by atoms with E-state index in [9.17, 15) is 9.59 Å². The van der Waals surface area contributed by atoms with Crippen LogP contribution >= 0.6 is 0 Å². The lowest BCUT2D eigenvalue weighted by Gasteiger charge is -2.21. The lowest BCUT2D eigenvalue weighted by Crippen LogP contribution is -2.44. The van der Waals surface area contributed by atoms with Gasteiger partial charge in [-0.3, -0.25) is 9.59 Å². The van der Waals surface area contributed by atoms with Crippen molar-refractivity contribution in [3.8, 4) is 5.88 Å². The van der Waals surface area contributed by atoms with Crippen LogP contribution in [0, 0.1) is 5.92 Å². The molecule has 1 aromatic heterocycles. The lowest BCUT2D eigenvalue weighted by molar-refractivity contribution is -0.125. The minimum atomic E-state index is -0.192. The fraction of sp³-hybridized carbons (Fsp3) is 0.571. The first kappa shape index (κ1) is 19.4. The van der Waals surface area contributed by atoms with E-state index in [-0.39, 0.29) is 23.8 Å². The Morgan fingerprint density at radius 3 is 2.81 bits per heavy atom. The van der Waals surface area contributed by atoms with Gasteiger partial charge in [-0.25, -0.2) is 4.98 Å². The average Bonchev–Trinajstić information content (AvgIpc) is 3.17. The molecule has 1 heterocycles. The molecule has 2 aliphatic carbocycles. The summed E-state index contributed by atoms with van der Waals surface area (Å²) in [6, 6.07) is 3.23. The monoisotopic (exact) mass is 371 g/mol. The topological polar surface area (TPSA) is 80.3 Å². The first-order valence-corrected chi connectivity index (χ1v) is 9.94. The van der Waals surface area contributed by atoms with Gasteiger partial charge in [0.1, 0.15) is 0 Å². The van der Waals surface area contributed by atoms with E-state index in [0.29, 0.717) is 18.0 Å². The Morgan fingerprint density at radius 1 is 1.22 bits per heavy atom. The van der Waals surface area contributed by atoms with Crippen molar-refractivity contribution >= 4 is 11.8 Å². The first-order valence-electron chi connectivity index (χ1n) is 9.94. The van der Waals surface area contributed by atoms with Gasteiger partial charge in [0.25, 0.3) is 5.91 Å². The van der Waals surface area contributed by atoms with Crippen LogP contribution in [0.4, 0.5) is 0 Å². The third kappa shape index (κ3) is 5.31. The second-order valence-electron chi connectivity index (χ2n) is 7.36. The maximum Gasteiger partial charge on any atom is 0.253 e. The summed E-state index contributed by atoms with van der Waals surface area (Å²) in [4.78, 5) is 29.1. The number of allylic oxidation sites excluding steroid dienone is 1. The number of rotatable bonds is 7. The molecule has 146 valence electrons. The number of carbonyl (C=O) groups is 2. The van der Waals surface area contributed by atoms with E-state index in [1.807, 2.05) is 0 Å². The van der Waals surface area contributed by atoms with E-state index in [0.717, 1.165) is 32.1 Å². The summed E-state index contributed by atoms with van der Waals surface area (Å²) < 4.78 is 5.01. The molecule has 1 fully saturated rings. The van der Waals surface area contributed by atoms with Crippen LogP contribution in [0.15, 0.2) is 30.0 Å². The summed E-state index contributed by atoms with van der Waals surface area (Å²) in [7, 11) is 1.54. The molecule has 0 radical (unpaired) electrons. The van der Waals surface area contributed by atoms with Crippen molar-refractivity contribution in [2.45, 2.75) is 57.4 Å². The van der Waals surface area contributed by atoms with Gasteiger partial charge < -0.3 is 15.4 Å². The van der Waals surface area contributed by atoms with Crippen LogP contribution in [0.25, 0.3) is 0 Å². The Balaban J connectivity index is 1.49. The highest BCUT2D eigenvalue weighted by Crippen LogP contribution is 2.26. The summed E-state index contributed by atoms with van der Waals surface area (Å²) >= 11 is 0. The van der Waals surface area contributed by atoms with Gasteiger partial charge in [0, 0.05) is 24.8 Å². The molecule has 0 aliphatic heterocycles. The zero-order valence-corrected chi connectivity index (χ0v) is 16.0. The molecule has 1 aromatic rings. The predicted octanol–water partition coefficient (Wildman–Crippen LogP) is 3.00. The molecule has 2 atom stereocenters. The summed E-state index contributed by atoms with van der Waals surface area (Å²) in [5.41, 5.74) is 1.94. The zero-order valence-electron chi connectivity index (χ0n) is 16.0. The van der Waals surface area contributed by atoms with E-state index in [1.54, 1.807) is 12.1 Å². The molecule has 0 saturated heterocycles. The maximum atomic E-state index is 12.6. The number of methoxy groups -OCH3 is 1. The van der Waals surface area contributed by atoms with Gasteiger partial charge in [-0.2, -0.15) is 0 Å². The largest absolute Gasteiger partial charge is 0.481 e. The average molecular weight is 371 g/mol. The normalized spacial score (nSPS) is 22.0. The van der Waals surface area contributed by atoms with Crippen molar-refractivity contribution in [1.29, 1.82) is 0 Å². The van der Waals surface area contributed by atoms with Gasteiger partial charge in [0.05, 0.1) is 18.6 Å². The molecule has 0 unspecified atom stereocenters. The summed E-state index contributed by atoms with van der Waals surface area (Å²) in [6.45, 7) is 0.685. The van der Waals surface area contributed by atoms with Crippen LogP contribution in [0.3, 0.4) is 0 Å². The van der Waals surface area contributed by atoms with Crippen LogP contribution in [-0.4, -0.2) is 36.5 Å². The molecule has 1 saturated carbocycles. The lowest BCUT2D eigenvalue weighted by atomic mass is 9.97. The van der Waals surface area contributed by atoms with E-state index in [1.165, 1.54) is 38.1 Å². The quantitative estimate of drug-likeness (QED) is 0.722. The molecule has 6 heteroatoms. The van der Waals surface area contributed by atoms with Gasteiger partial charge in [-0.15, -0.1) is 0 Å². The number of nitrogens with one attached hydrogen (secondary N) is 2. The first-order chi connectivity index (χ1) is 13.2. The SMILES string of the molecule is COc1ccc(C(=O)N[C@@H]2CCC[C@@H]2C(=O)NCCC2=CCCCC2)cn1. The van der Waals surface area contributed by atoms with Crippen LogP contribution in [0.1, 0.15) is 61.7 Å². The number of carbonyl (C=O) groups excluding carboxylic acids is 2. The molecule has 27 heavy (non-hydrogen) atoms. The number of hydrogen-bond donors (Lipinski definition) is 2. The molecule has 2 aliphatic rings. The minimum Gasteiger partial charge on any atom is -0.481 e. The number of aromatic nitrogens is 1. The summed E-state index contributed by atoms with van der Waals surface area (Å²) in [6.07, 6.45) is 12.2. The van der Waals surface area contributed by atoms with E-state index >= 15 is 0 Å². The second-order valence-corrected chi connectivity index (χ2v) is 7.36. The predicted molar refractivity (Wildman–Crippen MR) is 104 cm³/mol. The highest BCUT2D eigenvalue weighted by Gasteiger charge is 2.34. The summed E-state index contributed by atoms with van der Waals surface area (Å²) in [5, 5.41) is 6.08. The van der Waals surface area contributed by atoms with E-state index in [4.69, 9.17) is 4.74 Å². The van der Waals surface area contributed by atoms with E-state index in [2.05, 4.69) is 21.7 Å². The maximum absolute atomic E-state index is 12.6. The highest BCUT2D eigenvalue weighted by atomic mass is 16.5. The molecule has 2 amide bonds. The smallest absolute Gasteiger partial charge is 0.253 e. The molecule has 6 nitrogen and oxygen atoms in total. The van der Waals surface area contributed by atoms with Gasteiger partial charge in [0.2, 0.25) is 11.8 Å². The zero-order chi connectivity index (χ0) is 19.1. The standard InChI is InChI=1S/C21H29N3O3/c1-27-19-11-10-16(14-23-19)20(25)24-18-9-5-8-17(18)21(26)22-13-12-15-6-3-2-4-7-15/h6,10-11,14,17-18H,2-5,7-9,12-13H2,1H3,(H,22,26)(H,24,25)/t17-,18+/m0/s1. The highest BCUT2D eigenvalue weighted by molar-refractivity contribution is 5.94. The Hall–Kier alpha value is -2.37. The van der Waals surface area contributed by atoms with Gasteiger partial charge in [-0.1, -0.05) is 18.1 Å². The molecule has 3 rings (SSSR count). The van der Waals surface area contributed by atoms with Crippen LogP contribution in [0.2, 0.25) is 0 Å². The number of pyridine rings is 1. The Kier molecular flexibility index (Phi) is 6.85. The fourth-order valence-electron chi connectivity index (χ4n) is 3.94. The second kappa shape index (κ2) is 9.53. The Bertz CT molecular complexity index is 684. The minimum absolute atomic E-state index is 0.0575. The Labute approximate surface area is 160 Å². The van der Waals surface area contributed by atoms with Crippen LogP contribution in [-0.2, 0) is 4.79 Å². The number of hydrogen-bond acceptors (Lipinski definition) is 4. The molecular formula is C21H29N3O3. The van der Waals surface area contributed by atoms with Crippen molar-refractivity contribution in [2.75, 3.05) is 13.7 Å². The molecule has 0 bridgehead atoms. The van der Waals surface area contributed by atoms with Crippen molar-refractivity contribution in [3.05, 3.63) is 35.5 Å². The third-order valence-electron chi connectivity index (χ3n) is 5.51. The van der Waals surface area contributed by atoms with Gasteiger partial charge in [-0.05, 0) is 51.0 Å². The van der Waals surface area contributed by atoms with E-state index < -0.39 is 0 Å². The number of amides is 2. The summed E-state index contributed by atoms with van der Waals surface area (Å²) in [5.74, 6) is 0.183. The third-order valence-corrected chi connectivity index (χ3v) is 5.51. The molecule has 2 N–H and O–H groups in total. The van der Waals surface area contributed by atoms with Crippen LogP contribution in [0.5, 0.6) is 5.88 Å². The fourth-order valence-corrected chi connectivity index (χ4v) is 3.94. The van der Waals surface area contributed by atoms with Gasteiger partial charge >= 0.3 is 0 Å². The molecular weight excluding hydrogens is 342 g/mol. The number of nitrogens with zero attached hydrogens (tertiary/aromatic N) is 1. The Morgan fingerprint density at radius 2 is 2.11 bits per heavy atom. The number of ether oxygens (including phenoxy) is 1. The van der Waals surface area contributed by atoms with Gasteiger partial charge in [0.15, 0.2) is 0 Å². The molecule has 0 aromatic carbocycles. The molecule has 0 spiro atoms.